The molecule has 0 aliphatic heterocycles. The molecule has 2 aromatic carbocycles. The molecule has 5 nitrogen and oxygen atoms in total. The Bertz CT molecular complexity index is 995. The first-order valence-corrected chi connectivity index (χ1v) is 10.2. The maximum Gasteiger partial charge on any atom is 0.261 e. The normalized spacial score (nSPS) is 11.4. The predicted octanol–water partition coefficient (Wildman–Crippen LogP) is 5.06. The summed E-state index contributed by atoms with van der Waals surface area (Å²) in [6.45, 7) is 6.17. The van der Waals surface area contributed by atoms with E-state index >= 15 is 0 Å². The standard InChI is InChI=1S/C21H23N3O2S/c1-15(2)17-6-11-20(12-7-17)27(25,26)24-19-10-13-21(22-14-19)23-18-8-4-16(3)5-9-18/h4-15,24H,1-3H3,(H,22,23). The fourth-order valence-corrected chi connectivity index (χ4v) is 3.60. The molecule has 1 heterocycles. The van der Waals surface area contributed by atoms with Crippen LogP contribution in [-0.4, -0.2) is 13.4 Å². The summed E-state index contributed by atoms with van der Waals surface area (Å²) in [4.78, 5) is 4.50. The van der Waals surface area contributed by atoms with Crippen molar-refractivity contribution < 1.29 is 8.42 Å². The SMILES string of the molecule is Cc1ccc(Nc2ccc(NS(=O)(=O)c3ccc(C(C)C)cc3)cn2)cc1. The van der Waals surface area contributed by atoms with Gasteiger partial charge in [0.05, 0.1) is 16.8 Å². The minimum atomic E-state index is -3.64. The quantitative estimate of drug-likeness (QED) is 0.626. The van der Waals surface area contributed by atoms with Crippen LogP contribution in [0.15, 0.2) is 71.8 Å². The molecule has 0 atom stereocenters. The molecular weight excluding hydrogens is 358 g/mol. The van der Waals surface area contributed by atoms with E-state index < -0.39 is 10.0 Å². The molecule has 0 unspecified atom stereocenters. The van der Waals surface area contributed by atoms with E-state index in [0.717, 1.165) is 11.3 Å². The van der Waals surface area contributed by atoms with Gasteiger partial charge < -0.3 is 5.32 Å². The fourth-order valence-electron chi connectivity index (χ4n) is 2.56. The first kappa shape index (κ1) is 18.9. The van der Waals surface area contributed by atoms with Crippen molar-refractivity contribution in [1.29, 1.82) is 0 Å². The molecule has 0 saturated heterocycles. The predicted molar refractivity (Wildman–Crippen MR) is 110 cm³/mol. The zero-order valence-electron chi connectivity index (χ0n) is 15.6. The molecule has 3 rings (SSSR count). The van der Waals surface area contributed by atoms with E-state index in [1.54, 1.807) is 24.3 Å². The van der Waals surface area contributed by atoms with Crippen LogP contribution in [0, 0.1) is 6.92 Å². The van der Waals surface area contributed by atoms with Gasteiger partial charge in [-0.2, -0.15) is 0 Å². The van der Waals surface area contributed by atoms with Gasteiger partial charge in [-0.3, -0.25) is 4.72 Å². The zero-order valence-corrected chi connectivity index (χ0v) is 16.4. The second kappa shape index (κ2) is 7.80. The lowest BCUT2D eigenvalue weighted by Gasteiger charge is -2.11. The number of sulfonamides is 1. The van der Waals surface area contributed by atoms with Crippen molar-refractivity contribution in [2.24, 2.45) is 0 Å². The molecule has 0 radical (unpaired) electrons. The van der Waals surface area contributed by atoms with Gasteiger partial charge in [0.2, 0.25) is 0 Å². The largest absolute Gasteiger partial charge is 0.340 e. The molecule has 0 aliphatic rings. The number of hydrogen-bond acceptors (Lipinski definition) is 4. The van der Waals surface area contributed by atoms with E-state index in [-0.39, 0.29) is 4.90 Å². The highest BCUT2D eigenvalue weighted by Crippen LogP contribution is 2.21. The van der Waals surface area contributed by atoms with Crippen LogP contribution in [0.3, 0.4) is 0 Å². The molecule has 140 valence electrons. The Morgan fingerprint density at radius 2 is 1.48 bits per heavy atom. The molecule has 0 bridgehead atoms. The number of nitrogens with zero attached hydrogens (tertiary/aromatic N) is 1. The Hall–Kier alpha value is -2.86. The van der Waals surface area contributed by atoms with Crippen molar-refractivity contribution in [3.05, 3.63) is 78.0 Å². The minimum absolute atomic E-state index is 0.230. The second-order valence-electron chi connectivity index (χ2n) is 6.75. The van der Waals surface area contributed by atoms with E-state index in [9.17, 15) is 8.42 Å². The van der Waals surface area contributed by atoms with Crippen molar-refractivity contribution >= 4 is 27.2 Å². The summed E-state index contributed by atoms with van der Waals surface area (Å²) in [5, 5.41) is 3.18. The topological polar surface area (TPSA) is 71.1 Å². The van der Waals surface area contributed by atoms with Gasteiger partial charge in [-0.25, -0.2) is 13.4 Å². The third-order valence-electron chi connectivity index (χ3n) is 4.20. The molecule has 0 fully saturated rings. The van der Waals surface area contributed by atoms with Gasteiger partial charge in [0.15, 0.2) is 0 Å². The first-order valence-electron chi connectivity index (χ1n) is 8.76. The van der Waals surface area contributed by atoms with Gasteiger partial charge >= 0.3 is 0 Å². The highest BCUT2D eigenvalue weighted by molar-refractivity contribution is 7.92. The average molecular weight is 382 g/mol. The van der Waals surface area contributed by atoms with Gasteiger partial charge in [0, 0.05) is 5.69 Å². The summed E-state index contributed by atoms with van der Waals surface area (Å²) in [5.41, 5.74) is 3.62. The number of aromatic nitrogens is 1. The van der Waals surface area contributed by atoms with Gasteiger partial charge in [0.25, 0.3) is 10.0 Å². The number of hydrogen-bond donors (Lipinski definition) is 2. The Kier molecular flexibility index (Phi) is 5.46. The highest BCUT2D eigenvalue weighted by atomic mass is 32.2. The highest BCUT2D eigenvalue weighted by Gasteiger charge is 2.14. The van der Waals surface area contributed by atoms with Gasteiger partial charge in [-0.05, 0) is 54.8 Å². The van der Waals surface area contributed by atoms with Crippen LogP contribution < -0.4 is 10.0 Å². The molecule has 6 heteroatoms. The Morgan fingerprint density at radius 3 is 2.04 bits per heavy atom. The Morgan fingerprint density at radius 1 is 0.852 bits per heavy atom. The maximum absolute atomic E-state index is 12.5. The van der Waals surface area contributed by atoms with Crippen molar-refractivity contribution in [3.63, 3.8) is 0 Å². The Balaban J connectivity index is 1.70. The number of benzene rings is 2. The number of anilines is 3. The lowest BCUT2D eigenvalue weighted by molar-refractivity contribution is 0.601. The second-order valence-corrected chi connectivity index (χ2v) is 8.43. The molecule has 0 amide bonds. The minimum Gasteiger partial charge on any atom is -0.340 e. The Labute approximate surface area is 160 Å². The molecule has 0 aliphatic carbocycles. The summed E-state index contributed by atoms with van der Waals surface area (Å²) >= 11 is 0. The third kappa shape index (κ3) is 4.86. The number of pyridine rings is 1. The van der Waals surface area contributed by atoms with E-state index in [1.165, 1.54) is 11.8 Å². The summed E-state index contributed by atoms with van der Waals surface area (Å²) in [6, 6.07) is 18.3. The molecule has 3 aromatic rings. The van der Waals surface area contributed by atoms with Crippen LogP contribution in [0.2, 0.25) is 0 Å². The molecular formula is C21H23N3O2S. The van der Waals surface area contributed by atoms with E-state index in [1.807, 2.05) is 43.3 Å². The summed E-state index contributed by atoms with van der Waals surface area (Å²) in [5.74, 6) is 0.996. The number of rotatable bonds is 6. The zero-order chi connectivity index (χ0) is 19.4. The van der Waals surface area contributed by atoms with E-state index in [0.29, 0.717) is 17.4 Å². The van der Waals surface area contributed by atoms with Crippen molar-refractivity contribution in [1.82, 2.24) is 4.98 Å². The molecule has 2 N–H and O–H groups in total. The van der Waals surface area contributed by atoms with Crippen LogP contribution in [0.5, 0.6) is 0 Å². The van der Waals surface area contributed by atoms with E-state index in [2.05, 4.69) is 28.9 Å². The molecule has 1 aromatic heterocycles. The molecule has 0 spiro atoms. The molecule has 27 heavy (non-hydrogen) atoms. The average Bonchev–Trinajstić information content (AvgIpc) is 2.65. The van der Waals surface area contributed by atoms with Gasteiger partial charge in [-0.15, -0.1) is 0 Å². The van der Waals surface area contributed by atoms with Crippen LogP contribution in [0.1, 0.15) is 30.9 Å². The van der Waals surface area contributed by atoms with Gasteiger partial charge in [0.1, 0.15) is 5.82 Å². The molecule has 0 saturated carbocycles. The summed E-state index contributed by atoms with van der Waals surface area (Å²) < 4.78 is 27.6. The van der Waals surface area contributed by atoms with Crippen LogP contribution >= 0.6 is 0 Å². The van der Waals surface area contributed by atoms with E-state index in [4.69, 9.17) is 0 Å². The van der Waals surface area contributed by atoms with Crippen molar-refractivity contribution in [2.45, 2.75) is 31.6 Å². The van der Waals surface area contributed by atoms with Gasteiger partial charge in [-0.1, -0.05) is 43.7 Å². The number of nitrogens with one attached hydrogen (secondary N) is 2. The third-order valence-corrected chi connectivity index (χ3v) is 5.59. The fraction of sp³-hybridized carbons (Fsp3) is 0.190. The van der Waals surface area contributed by atoms with Crippen molar-refractivity contribution in [3.8, 4) is 0 Å². The smallest absolute Gasteiger partial charge is 0.261 e. The van der Waals surface area contributed by atoms with Crippen LogP contribution in [-0.2, 0) is 10.0 Å². The summed E-state index contributed by atoms with van der Waals surface area (Å²) in [6.07, 6.45) is 1.50. The maximum atomic E-state index is 12.5. The van der Waals surface area contributed by atoms with Crippen molar-refractivity contribution in [2.75, 3.05) is 10.0 Å². The van der Waals surface area contributed by atoms with Crippen LogP contribution in [0.4, 0.5) is 17.2 Å². The monoisotopic (exact) mass is 381 g/mol. The lowest BCUT2D eigenvalue weighted by atomic mass is 10.0. The summed E-state index contributed by atoms with van der Waals surface area (Å²) in [7, 11) is -3.64. The van der Waals surface area contributed by atoms with Crippen LogP contribution in [0.25, 0.3) is 0 Å². The number of aryl methyl sites for hydroxylation is 1. The lowest BCUT2D eigenvalue weighted by Crippen LogP contribution is -2.13. The first-order chi connectivity index (χ1) is 12.8.